The molecule has 2 aliphatic heterocycles. The van der Waals surface area contributed by atoms with Gasteiger partial charge in [0.05, 0.1) is 5.69 Å². The molecule has 2 atom stereocenters. The van der Waals surface area contributed by atoms with Crippen LogP contribution in [0.2, 0.25) is 0 Å². The van der Waals surface area contributed by atoms with Gasteiger partial charge < -0.3 is 15.4 Å². The summed E-state index contributed by atoms with van der Waals surface area (Å²) in [6, 6.07) is 45.8. The van der Waals surface area contributed by atoms with Gasteiger partial charge >= 0.3 is 0 Å². The van der Waals surface area contributed by atoms with Gasteiger partial charge in [0.2, 0.25) is 0 Å². The number of rotatable bonds is 4. The zero-order valence-electron chi connectivity index (χ0n) is 22.2. The fraction of sp³-hybridized carbons (Fsp3) is 0.0556. The highest BCUT2D eigenvalue weighted by molar-refractivity contribution is 6.17. The number of benzene rings is 6. The van der Waals surface area contributed by atoms with Crippen LogP contribution < -0.4 is 15.4 Å². The Kier molecular flexibility index (Phi) is 5.52. The maximum atomic E-state index is 6.57. The predicted molar refractivity (Wildman–Crippen MR) is 167 cm³/mol. The van der Waals surface area contributed by atoms with E-state index in [1.54, 1.807) is 0 Å². The van der Waals surface area contributed by atoms with Crippen molar-refractivity contribution in [2.24, 2.45) is 9.98 Å². The van der Waals surface area contributed by atoms with Crippen molar-refractivity contribution in [3.05, 3.63) is 156 Å². The molecule has 2 N–H and O–H groups in total. The maximum Gasteiger partial charge on any atom is 0.196 e. The number of hydrogen-bond donors (Lipinski definition) is 2. The minimum absolute atomic E-state index is 0.228. The molecule has 0 bridgehead atoms. The van der Waals surface area contributed by atoms with E-state index in [1.165, 1.54) is 0 Å². The molecule has 6 aromatic rings. The Hall–Kier alpha value is -5.42. The molecule has 2 heterocycles. The number of nitrogens with one attached hydrogen (secondary N) is 2. The van der Waals surface area contributed by atoms with Gasteiger partial charge in [0.1, 0.15) is 12.0 Å². The van der Waals surface area contributed by atoms with Gasteiger partial charge in [-0.15, -0.1) is 0 Å². The van der Waals surface area contributed by atoms with Crippen LogP contribution in [0, 0.1) is 0 Å². The van der Waals surface area contributed by atoms with Crippen molar-refractivity contribution in [3.63, 3.8) is 0 Å². The highest BCUT2D eigenvalue weighted by Crippen LogP contribution is 2.45. The zero-order valence-corrected chi connectivity index (χ0v) is 22.2. The van der Waals surface area contributed by atoms with Crippen molar-refractivity contribution in [2.45, 2.75) is 12.4 Å². The number of nitrogens with zero attached hydrogens (tertiary/aromatic N) is 2. The van der Waals surface area contributed by atoms with Crippen LogP contribution in [0.3, 0.4) is 0 Å². The molecule has 2 unspecified atom stereocenters. The van der Waals surface area contributed by atoms with Crippen molar-refractivity contribution >= 4 is 38.9 Å². The molecule has 5 nitrogen and oxygen atoms in total. The van der Waals surface area contributed by atoms with Crippen LogP contribution in [0.4, 0.5) is 5.69 Å². The van der Waals surface area contributed by atoms with Crippen LogP contribution in [-0.2, 0) is 0 Å². The van der Waals surface area contributed by atoms with Crippen molar-refractivity contribution in [3.8, 4) is 5.75 Å². The Morgan fingerprint density at radius 3 is 2.02 bits per heavy atom. The van der Waals surface area contributed by atoms with E-state index in [9.17, 15) is 0 Å². The first kappa shape index (κ1) is 23.5. The normalized spacial score (nSPS) is 17.7. The quantitative estimate of drug-likeness (QED) is 0.227. The summed E-state index contributed by atoms with van der Waals surface area (Å²) in [6.07, 6.45) is -0.473. The van der Waals surface area contributed by atoms with E-state index in [2.05, 4.69) is 89.5 Å². The predicted octanol–water partition coefficient (Wildman–Crippen LogP) is 7.99. The molecule has 0 radical (unpaired) electrons. The standard InChI is InChI=1S/C36H26N4O/c1-4-10-25(11-5-1)33-38-34(26-12-6-2-7-13-26)40-35(39-33)28-19-17-23-16-18-24-20-21-30-32(31(24)29(23)22-28)41-36(37-30)27-14-8-3-9-15-27/h1-22,33,36-37H,(H,38,39,40). The summed E-state index contributed by atoms with van der Waals surface area (Å²) in [5, 5.41) is 11.6. The van der Waals surface area contributed by atoms with Gasteiger partial charge in [0, 0.05) is 22.1 Å². The van der Waals surface area contributed by atoms with Crippen LogP contribution >= 0.6 is 0 Å². The second-order valence-corrected chi connectivity index (χ2v) is 10.3. The van der Waals surface area contributed by atoms with E-state index in [0.29, 0.717) is 5.84 Å². The van der Waals surface area contributed by atoms with E-state index in [0.717, 1.165) is 61.1 Å². The van der Waals surface area contributed by atoms with E-state index in [1.807, 2.05) is 54.6 Å². The van der Waals surface area contributed by atoms with Crippen molar-refractivity contribution in [1.82, 2.24) is 5.32 Å². The molecule has 0 aromatic heterocycles. The van der Waals surface area contributed by atoms with Crippen LogP contribution in [0.25, 0.3) is 21.5 Å². The van der Waals surface area contributed by atoms with Gasteiger partial charge in [-0.3, -0.25) is 0 Å². The lowest BCUT2D eigenvalue weighted by Gasteiger charge is -2.23. The molecule has 0 aliphatic carbocycles. The summed E-state index contributed by atoms with van der Waals surface area (Å²) in [4.78, 5) is 10.1. The van der Waals surface area contributed by atoms with Gasteiger partial charge in [0.15, 0.2) is 17.8 Å². The van der Waals surface area contributed by atoms with Gasteiger partial charge in [-0.1, -0.05) is 121 Å². The summed E-state index contributed by atoms with van der Waals surface area (Å²) >= 11 is 0. The number of fused-ring (bicyclic) bond motifs is 5. The molecule has 196 valence electrons. The van der Waals surface area contributed by atoms with Gasteiger partial charge in [-0.25, -0.2) is 9.98 Å². The molecule has 0 spiro atoms. The fourth-order valence-corrected chi connectivity index (χ4v) is 5.68. The molecular formula is C36H26N4O. The summed E-state index contributed by atoms with van der Waals surface area (Å²) in [7, 11) is 0. The van der Waals surface area contributed by atoms with E-state index >= 15 is 0 Å². The molecule has 0 saturated carbocycles. The topological polar surface area (TPSA) is 58.0 Å². The molecular weight excluding hydrogens is 504 g/mol. The molecule has 0 amide bonds. The maximum absolute atomic E-state index is 6.57. The number of hydrogen-bond acceptors (Lipinski definition) is 5. The molecule has 2 aliphatic rings. The lowest BCUT2D eigenvalue weighted by molar-refractivity contribution is 0.263. The summed E-state index contributed by atoms with van der Waals surface area (Å²) in [5.41, 5.74) is 5.16. The summed E-state index contributed by atoms with van der Waals surface area (Å²) in [6.45, 7) is 0. The molecule has 6 aromatic carbocycles. The van der Waals surface area contributed by atoms with Crippen LogP contribution in [0.5, 0.6) is 5.75 Å². The third-order valence-corrected chi connectivity index (χ3v) is 7.74. The van der Waals surface area contributed by atoms with Gasteiger partial charge in [0.25, 0.3) is 0 Å². The highest BCUT2D eigenvalue weighted by atomic mass is 16.5. The molecule has 8 rings (SSSR count). The molecule has 0 saturated heterocycles. The molecule has 41 heavy (non-hydrogen) atoms. The van der Waals surface area contributed by atoms with Gasteiger partial charge in [-0.05, 0) is 33.9 Å². The first-order valence-corrected chi connectivity index (χ1v) is 13.8. The lowest BCUT2D eigenvalue weighted by Crippen LogP contribution is -2.33. The fourth-order valence-electron chi connectivity index (χ4n) is 5.68. The Morgan fingerprint density at radius 1 is 0.585 bits per heavy atom. The zero-order chi connectivity index (χ0) is 27.2. The summed E-state index contributed by atoms with van der Waals surface area (Å²) < 4.78 is 6.57. The highest BCUT2D eigenvalue weighted by Gasteiger charge is 2.26. The SMILES string of the molecule is c1ccc(C2=NC(c3ccc4ccc5ccc6c(c5c4c3)OC(c3ccccc3)N6)=NC(c3ccccc3)N2)cc1. The third kappa shape index (κ3) is 4.19. The second kappa shape index (κ2) is 9.65. The average Bonchev–Trinajstić information content (AvgIpc) is 3.50. The first-order chi connectivity index (χ1) is 20.3. The number of aliphatic imine (C=N–C) groups is 2. The smallest absolute Gasteiger partial charge is 0.196 e. The minimum atomic E-state index is -0.245. The van der Waals surface area contributed by atoms with Crippen molar-refractivity contribution in [1.29, 1.82) is 0 Å². The number of amidine groups is 2. The van der Waals surface area contributed by atoms with E-state index in [-0.39, 0.29) is 12.4 Å². The molecule has 0 fully saturated rings. The number of ether oxygens (including phenoxy) is 1. The lowest BCUT2D eigenvalue weighted by atomic mass is 9.98. The second-order valence-electron chi connectivity index (χ2n) is 10.3. The Morgan fingerprint density at radius 2 is 1.24 bits per heavy atom. The van der Waals surface area contributed by atoms with Crippen molar-refractivity contribution in [2.75, 3.05) is 5.32 Å². The largest absolute Gasteiger partial charge is 0.464 e. The molecule has 5 heteroatoms. The van der Waals surface area contributed by atoms with Gasteiger partial charge in [-0.2, -0.15) is 0 Å². The minimum Gasteiger partial charge on any atom is -0.464 e. The van der Waals surface area contributed by atoms with Crippen molar-refractivity contribution < 1.29 is 4.74 Å². The Balaban J connectivity index is 1.27. The van der Waals surface area contributed by atoms with E-state index in [4.69, 9.17) is 14.7 Å². The monoisotopic (exact) mass is 530 g/mol. The van der Waals surface area contributed by atoms with Crippen LogP contribution in [0.1, 0.15) is 34.6 Å². The van der Waals surface area contributed by atoms with E-state index < -0.39 is 0 Å². The Labute approximate surface area is 237 Å². The first-order valence-electron chi connectivity index (χ1n) is 13.8. The number of anilines is 1. The van der Waals surface area contributed by atoms with Crippen LogP contribution in [-0.4, -0.2) is 11.7 Å². The average molecular weight is 531 g/mol. The third-order valence-electron chi connectivity index (χ3n) is 7.74. The summed E-state index contributed by atoms with van der Waals surface area (Å²) in [5.74, 6) is 2.38. The Bertz CT molecular complexity index is 1970. The van der Waals surface area contributed by atoms with Crippen LogP contribution in [0.15, 0.2) is 143 Å².